The Bertz CT molecular complexity index is 1410. The fourth-order valence-corrected chi connectivity index (χ4v) is 3.81. The van der Waals surface area contributed by atoms with Crippen molar-refractivity contribution < 1.29 is 19.1 Å². The van der Waals surface area contributed by atoms with E-state index < -0.39 is 17.5 Å². The number of ether oxygens (including phenoxy) is 2. The van der Waals surface area contributed by atoms with Gasteiger partial charge < -0.3 is 19.1 Å². The maximum atomic E-state index is 11.6. The third-order valence-electron chi connectivity index (χ3n) is 5.70. The number of aliphatic hydroxyl groups is 1. The van der Waals surface area contributed by atoms with Crippen LogP contribution in [-0.4, -0.2) is 27.5 Å². The number of aromatic nitrogens is 2. The van der Waals surface area contributed by atoms with Crippen LogP contribution in [0.4, 0.5) is 0 Å². The smallest absolute Gasteiger partial charge is 0.440 e. The van der Waals surface area contributed by atoms with Crippen molar-refractivity contribution in [3.8, 4) is 22.6 Å². The molecule has 4 aromatic rings. The summed E-state index contributed by atoms with van der Waals surface area (Å²) in [6.45, 7) is 6.63. The average Bonchev–Trinajstić information content (AvgIpc) is 3.14. The molecule has 3 aromatic carbocycles. The number of hydrogen-bond acceptors (Lipinski definition) is 6. The van der Waals surface area contributed by atoms with Gasteiger partial charge in [0.05, 0.1) is 12.6 Å². The molecule has 0 amide bonds. The molecule has 0 fully saturated rings. The molecule has 0 spiro atoms. The van der Waals surface area contributed by atoms with Crippen molar-refractivity contribution in [3.05, 3.63) is 104 Å². The summed E-state index contributed by atoms with van der Waals surface area (Å²) < 4.78 is 17.4. The normalized spacial score (nSPS) is 11.9. The largest absolute Gasteiger partial charge is 0.491 e. The van der Waals surface area contributed by atoms with Gasteiger partial charge in [0.1, 0.15) is 24.7 Å². The topological polar surface area (TPSA) is 107 Å². The number of H-pyrrole nitrogens is 1. The summed E-state index contributed by atoms with van der Waals surface area (Å²) >= 11 is 0. The zero-order chi connectivity index (χ0) is 24.9. The second-order valence-corrected chi connectivity index (χ2v) is 8.50. The molecular weight excluding hydrogens is 448 g/mol. The quantitative estimate of drug-likeness (QED) is 0.381. The maximum Gasteiger partial charge on any atom is 0.440 e. The van der Waals surface area contributed by atoms with Crippen molar-refractivity contribution in [1.29, 1.82) is 0 Å². The van der Waals surface area contributed by atoms with Crippen LogP contribution in [-0.2, 0) is 13.2 Å². The molecule has 0 aliphatic rings. The van der Waals surface area contributed by atoms with Gasteiger partial charge in [0, 0.05) is 0 Å². The highest BCUT2D eigenvalue weighted by Gasteiger charge is 2.11. The number of aliphatic hydroxyl groups excluding tert-OH is 1. The fraction of sp³-hybridized carbons (Fsp3) is 0.259. The number of benzene rings is 3. The molecule has 0 unspecified atom stereocenters. The first-order valence-corrected chi connectivity index (χ1v) is 11.3. The lowest BCUT2D eigenvalue weighted by molar-refractivity contribution is 0.122. The van der Waals surface area contributed by atoms with E-state index in [1.165, 1.54) is 0 Å². The van der Waals surface area contributed by atoms with Gasteiger partial charge >= 0.3 is 11.4 Å². The van der Waals surface area contributed by atoms with E-state index in [1.54, 1.807) is 6.92 Å². The van der Waals surface area contributed by atoms with E-state index in [0.717, 1.165) is 43.9 Å². The van der Waals surface area contributed by atoms with Gasteiger partial charge in [0.15, 0.2) is 0 Å². The molecule has 0 aliphatic carbocycles. The van der Waals surface area contributed by atoms with Crippen molar-refractivity contribution in [3.63, 3.8) is 0 Å². The van der Waals surface area contributed by atoms with Gasteiger partial charge in [-0.2, -0.15) is 0 Å². The third kappa shape index (κ3) is 5.91. The van der Waals surface area contributed by atoms with Crippen molar-refractivity contribution in [1.82, 2.24) is 9.72 Å². The summed E-state index contributed by atoms with van der Waals surface area (Å²) in [7, 11) is 0. The summed E-state index contributed by atoms with van der Waals surface area (Å²) in [4.78, 5) is 24.8. The van der Waals surface area contributed by atoms with Gasteiger partial charge in [-0.25, -0.2) is 14.6 Å². The van der Waals surface area contributed by atoms with Gasteiger partial charge in [0.2, 0.25) is 0 Å². The van der Waals surface area contributed by atoms with Crippen LogP contribution in [0, 0.1) is 13.8 Å². The molecule has 8 nitrogen and oxygen atoms in total. The Hall–Kier alpha value is -4.04. The minimum absolute atomic E-state index is 0.154. The van der Waals surface area contributed by atoms with Crippen LogP contribution in [0.5, 0.6) is 11.5 Å². The van der Waals surface area contributed by atoms with E-state index in [1.807, 2.05) is 61.5 Å². The van der Waals surface area contributed by atoms with E-state index in [2.05, 4.69) is 18.0 Å². The van der Waals surface area contributed by atoms with Crippen LogP contribution in [0.3, 0.4) is 0 Å². The number of nitrogens with zero attached hydrogens (tertiary/aromatic N) is 1. The number of rotatable bonds is 9. The van der Waals surface area contributed by atoms with E-state index in [9.17, 15) is 14.7 Å². The Morgan fingerprint density at radius 2 is 1.71 bits per heavy atom. The van der Waals surface area contributed by atoms with Crippen molar-refractivity contribution in [2.24, 2.45) is 0 Å². The lowest BCUT2D eigenvalue weighted by Crippen LogP contribution is -2.17. The Morgan fingerprint density at radius 3 is 2.37 bits per heavy atom. The monoisotopic (exact) mass is 476 g/mol. The molecule has 0 saturated carbocycles. The van der Waals surface area contributed by atoms with Gasteiger partial charge in [-0.15, -0.1) is 4.74 Å². The molecule has 182 valence electrons. The van der Waals surface area contributed by atoms with Gasteiger partial charge in [-0.3, -0.25) is 0 Å². The molecule has 0 radical (unpaired) electrons. The van der Waals surface area contributed by atoms with Crippen LogP contribution < -0.4 is 20.9 Å². The second kappa shape index (κ2) is 10.5. The van der Waals surface area contributed by atoms with E-state index in [0.29, 0.717) is 12.4 Å². The minimum atomic E-state index is -0.775. The lowest BCUT2D eigenvalue weighted by atomic mass is 9.93. The molecule has 2 N–H and O–H groups in total. The molecule has 35 heavy (non-hydrogen) atoms. The minimum Gasteiger partial charge on any atom is -0.491 e. The maximum absolute atomic E-state index is 11.6. The molecule has 0 saturated heterocycles. The highest BCUT2D eigenvalue weighted by atomic mass is 16.5. The van der Waals surface area contributed by atoms with Gasteiger partial charge in [-0.1, -0.05) is 36.4 Å². The summed E-state index contributed by atoms with van der Waals surface area (Å²) in [6, 6.07) is 19.4. The number of aryl methyl sites for hydroxylation is 1. The number of hydrogen-bond donors (Lipinski definition) is 2. The molecule has 1 aromatic heterocycles. The SMILES string of the molecule is Cc1cc(OC[C@H](C)O)ccc1-c1cccc(COc2ccc(Cn3oc(=O)[nH]c3=O)cc2)c1C. The van der Waals surface area contributed by atoms with Crippen molar-refractivity contribution in [2.45, 2.75) is 40.0 Å². The Kier molecular flexibility index (Phi) is 7.22. The predicted octanol–water partition coefficient (Wildman–Crippen LogP) is 3.80. The zero-order valence-electron chi connectivity index (χ0n) is 19.9. The summed E-state index contributed by atoms with van der Waals surface area (Å²) in [5, 5.41) is 9.44. The van der Waals surface area contributed by atoms with Crippen LogP contribution in [0.2, 0.25) is 0 Å². The molecule has 1 heterocycles. The Morgan fingerprint density at radius 1 is 0.971 bits per heavy atom. The average molecular weight is 477 g/mol. The highest BCUT2D eigenvalue weighted by Crippen LogP contribution is 2.31. The number of nitrogens with one attached hydrogen (secondary N) is 1. The first-order chi connectivity index (χ1) is 16.8. The Labute approximate surface area is 202 Å². The molecule has 0 bridgehead atoms. The van der Waals surface area contributed by atoms with E-state index in [4.69, 9.17) is 14.0 Å². The standard InChI is InChI=1S/C27H28N2O6/c1-17-13-23(33-15-18(2)30)11-12-24(17)25-6-4-5-21(19(25)3)16-34-22-9-7-20(8-10-22)14-29-26(31)28-27(32)35-29/h4-13,18,30H,14-16H2,1-3H3,(H,28,31,32)/t18-/m0/s1. The fourth-order valence-electron chi connectivity index (χ4n) is 3.81. The highest BCUT2D eigenvalue weighted by molar-refractivity contribution is 5.72. The first kappa shape index (κ1) is 24.1. The number of aromatic amines is 1. The molecular formula is C27H28N2O6. The van der Waals surface area contributed by atoms with Crippen LogP contribution in [0.15, 0.2) is 74.8 Å². The van der Waals surface area contributed by atoms with Crippen LogP contribution in [0.25, 0.3) is 11.1 Å². The van der Waals surface area contributed by atoms with Gasteiger partial charge in [-0.05, 0) is 78.4 Å². The van der Waals surface area contributed by atoms with E-state index in [-0.39, 0.29) is 13.2 Å². The molecule has 0 aliphatic heterocycles. The summed E-state index contributed by atoms with van der Waals surface area (Å²) in [5.74, 6) is 0.650. The lowest BCUT2D eigenvalue weighted by Gasteiger charge is -2.16. The van der Waals surface area contributed by atoms with Crippen LogP contribution in [0.1, 0.15) is 29.2 Å². The zero-order valence-corrected chi connectivity index (χ0v) is 19.9. The second-order valence-electron chi connectivity index (χ2n) is 8.50. The summed E-state index contributed by atoms with van der Waals surface area (Å²) in [5.41, 5.74) is 5.75. The van der Waals surface area contributed by atoms with E-state index >= 15 is 0 Å². The van der Waals surface area contributed by atoms with Crippen molar-refractivity contribution >= 4 is 0 Å². The predicted molar refractivity (Wildman–Crippen MR) is 132 cm³/mol. The molecule has 8 heteroatoms. The molecule has 4 rings (SSSR count). The van der Waals surface area contributed by atoms with Gasteiger partial charge in [0.25, 0.3) is 0 Å². The Balaban J connectivity index is 1.44. The molecule has 1 atom stereocenters. The third-order valence-corrected chi connectivity index (χ3v) is 5.70. The van der Waals surface area contributed by atoms with Crippen molar-refractivity contribution in [2.75, 3.05) is 6.61 Å². The first-order valence-electron chi connectivity index (χ1n) is 11.3. The van der Waals surface area contributed by atoms with Crippen LogP contribution >= 0.6 is 0 Å². The summed E-state index contributed by atoms with van der Waals surface area (Å²) in [6.07, 6.45) is -0.517.